The number of nitrogens with zero attached hydrogens (tertiary/aromatic N) is 1. The third kappa shape index (κ3) is 6.10. The zero-order valence-electron chi connectivity index (χ0n) is 16.2. The van der Waals surface area contributed by atoms with Crippen LogP contribution in [0.15, 0.2) is 24.3 Å². The van der Waals surface area contributed by atoms with E-state index in [9.17, 15) is 14.4 Å². The molecule has 1 fully saturated rings. The molecule has 1 saturated heterocycles. The molecule has 0 bridgehead atoms. The first-order valence-corrected chi connectivity index (χ1v) is 9.80. The molecule has 1 heterocycles. The van der Waals surface area contributed by atoms with Gasteiger partial charge in [-0.1, -0.05) is 50.3 Å². The van der Waals surface area contributed by atoms with Crippen LogP contribution in [0.1, 0.15) is 55.5 Å². The Bertz CT molecular complexity index is 727. The Kier molecular flexibility index (Phi) is 8.07. The number of likely N-dealkylation sites (tertiary alicyclic amines) is 1. The number of rotatable bonds is 8. The second-order valence-electron chi connectivity index (χ2n) is 6.90. The molecule has 1 aromatic rings. The van der Waals surface area contributed by atoms with E-state index in [0.29, 0.717) is 37.1 Å². The first-order chi connectivity index (χ1) is 13.3. The summed E-state index contributed by atoms with van der Waals surface area (Å²) in [4.78, 5) is 48.0. The van der Waals surface area contributed by atoms with Gasteiger partial charge in [0.25, 0.3) is 0 Å². The molecule has 1 aromatic carbocycles. The molecule has 0 spiro atoms. The maximum atomic E-state index is 12.6. The Morgan fingerprint density at radius 2 is 1.75 bits per heavy atom. The van der Waals surface area contributed by atoms with Crippen LogP contribution in [0.3, 0.4) is 0 Å². The van der Waals surface area contributed by atoms with Crippen LogP contribution in [0.4, 0.5) is 0 Å². The molecule has 152 valence electrons. The average molecular weight is 407 g/mol. The third-order valence-electron chi connectivity index (χ3n) is 4.72. The van der Waals surface area contributed by atoms with Gasteiger partial charge in [0.05, 0.1) is 0 Å². The van der Waals surface area contributed by atoms with Gasteiger partial charge in [-0.3, -0.25) is 14.5 Å². The number of hydrogen-bond donors (Lipinski definition) is 1. The molecule has 0 aliphatic carbocycles. The summed E-state index contributed by atoms with van der Waals surface area (Å²) < 4.78 is 0. The standard InChI is InChI=1S/C20H26N2O5S/c1-3-18(24)27-26-16-8-10-22(11-9-16)20(25)13(2)12-17(23)14-4-6-15(7-5-14)19(21)28/h4-7,13,16H,3,8-12H2,1-2H3,(H2,21,28). The van der Waals surface area contributed by atoms with Gasteiger partial charge in [-0.25, -0.2) is 4.79 Å². The number of Topliss-reactive ketones (excluding diaryl/α,β-unsaturated/α-hetero) is 1. The molecule has 2 rings (SSSR count). The van der Waals surface area contributed by atoms with Crippen molar-refractivity contribution >= 4 is 34.9 Å². The number of carbonyl (C=O) groups excluding carboxylic acids is 3. The van der Waals surface area contributed by atoms with Crippen molar-refractivity contribution in [3.8, 4) is 0 Å². The molecule has 1 aliphatic heterocycles. The van der Waals surface area contributed by atoms with Gasteiger partial charge < -0.3 is 10.6 Å². The SMILES string of the molecule is CCC(=O)OOC1CCN(C(=O)C(C)CC(=O)c2ccc(C(N)=S)cc2)CC1. The van der Waals surface area contributed by atoms with Crippen LogP contribution in [0.5, 0.6) is 0 Å². The summed E-state index contributed by atoms with van der Waals surface area (Å²) in [6.45, 7) is 4.47. The van der Waals surface area contributed by atoms with Crippen LogP contribution in [-0.2, 0) is 19.4 Å². The van der Waals surface area contributed by atoms with Gasteiger partial charge in [-0.2, -0.15) is 4.89 Å². The van der Waals surface area contributed by atoms with Crippen LogP contribution in [0.2, 0.25) is 0 Å². The van der Waals surface area contributed by atoms with Crippen molar-refractivity contribution in [2.24, 2.45) is 11.7 Å². The second-order valence-corrected chi connectivity index (χ2v) is 7.34. The van der Waals surface area contributed by atoms with E-state index in [2.05, 4.69) is 0 Å². The van der Waals surface area contributed by atoms with Crippen molar-refractivity contribution < 1.29 is 24.2 Å². The van der Waals surface area contributed by atoms with E-state index in [-0.39, 0.29) is 35.6 Å². The largest absolute Gasteiger partial charge is 0.389 e. The predicted octanol–water partition coefficient (Wildman–Crippen LogP) is 2.41. The van der Waals surface area contributed by atoms with E-state index in [4.69, 9.17) is 27.7 Å². The van der Waals surface area contributed by atoms with E-state index in [1.807, 2.05) is 0 Å². The van der Waals surface area contributed by atoms with Crippen molar-refractivity contribution in [2.45, 2.75) is 45.6 Å². The highest BCUT2D eigenvalue weighted by Gasteiger charge is 2.28. The van der Waals surface area contributed by atoms with Crippen LogP contribution >= 0.6 is 12.2 Å². The number of ketones is 1. The van der Waals surface area contributed by atoms with Gasteiger partial charge in [0, 0.05) is 43.0 Å². The van der Waals surface area contributed by atoms with Crippen LogP contribution in [0.25, 0.3) is 0 Å². The van der Waals surface area contributed by atoms with Crippen LogP contribution < -0.4 is 5.73 Å². The summed E-state index contributed by atoms with van der Waals surface area (Å²) in [5.41, 5.74) is 6.79. The minimum Gasteiger partial charge on any atom is -0.389 e. The molecular weight excluding hydrogens is 380 g/mol. The van der Waals surface area contributed by atoms with Crippen molar-refractivity contribution in [2.75, 3.05) is 13.1 Å². The number of amides is 1. The molecular formula is C20H26N2O5S. The number of benzene rings is 1. The van der Waals surface area contributed by atoms with E-state index in [1.165, 1.54) is 0 Å². The Morgan fingerprint density at radius 1 is 1.18 bits per heavy atom. The van der Waals surface area contributed by atoms with Gasteiger partial charge >= 0.3 is 5.97 Å². The average Bonchev–Trinajstić information content (AvgIpc) is 2.71. The summed E-state index contributed by atoms with van der Waals surface area (Å²) in [6, 6.07) is 6.76. The highest BCUT2D eigenvalue weighted by Crippen LogP contribution is 2.19. The summed E-state index contributed by atoms with van der Waals surface area (Å²) in [7, 11) is 0. The summed E-state index contributed by atoms with van der Waals surface area (Å²) in [5.74, 6) is -0.984. The number of piperidine rings is 1. The van der Waals surface area contributed by atoms with Gasteiger partial charge in [0.2, 0.25) is 5.91 Å². The summed E-state index contributed by atoms with van der Waals surface area (Å²) in [6.07, 6.45) is 1.36. The fraction of sp³-hybridized carbons (Fsp3) is 0.500. The molecule has 8 heteroatoms. The van der Waals surface area contributed by atoms with Gasteiger partial charge in [0.15, 0.2) is 5.78 Å². The predicted molar refractivity (Wildman–Crippen MR) is 108 cm³/mol. The Balaban J connectivity index is 1.81. The molecule has 2 N–H and O–H groups in total. The summed E-state index contributed by atoms with van der Waals surface area (Å²) in [5, 5.41) is 0. The fourth-order valence-corrected chi connectivity index (χ4v) is 3.10. The lowest BCUT2D eigenvalue weighted by molar-refractivity contribution is -0.302. The zero-order chi connectivity index (χ0) is 20.7. The summed E-state index contributed by atoms with van der Waals surface area (Å²) >= 11 is 4.90. The van der Waals surface area contributed by atoms with Crippen molar-refractivity contribution in [3.05, 3.63) is 35.4 Å². The minimum atomic E-state index is -0.418. The van der Waals surface area contributed by atoms with E-state index in [1.54, 1.807) is 43.0 Å². The number of thiocarbonyl (C=S) groups is 1. The lowest BCUT2D eigenvalue weighted by Crippen LogP contribution is -2.43. The third-order valence-corrected chi connectivity index (χ3v) is 4.96. The quantitative estimate of drug-likeness (QED) is 0.306. The normalized spacial score (nSPS) is 15.7. The molecule has 1 unspecified atom stereocenters. The molecule has 0 aromatic heterocycles. The Morgan fingerprint density at radius 3 is 2.29 bits per heavy atom. The molecule has 28 heavy (non-hydrogen) atoms. The first-order valence-electron chi connectivity index (χ1n) is 9.39. The van der Waals surface area contributed by atoms with Crippen LogP contribution in [-0.4, -0.2) is 46.7 Å². The smallest absolute Gasteiger partial charge is 0.342 e. The lowest BCUT2D eigenvalue weighted by Gasteiger charge is -2.32. The minimum absolute atomic E-state index is 0.0582. The highest BCUT2D eigenvalue weighted by atomic mass is 32.1. The topological polar surface area (TPSA) is 98.9 Å². The van der Waals surface area contributed by atoms with E-state index < -0.39 is 11.9 Å². The maximum absolute atomic E-state index is 12.6. The molecule has 7 nitrogen and oxygen atoms in total. The van der Waals surface area contributed by atoms with E-state index >= 15 is 0 Å². The molecule has 0 saturated carbocycles. The van der Waals surface area contributed by atoms with Crippen molar-refractivity contribution in [3.63, 3.8) is 0 Å². The van der Waals surface area contributed by atoms with E-state index in [0.717, 1.165) is 0 Å². The van der Waals surface area contributed by atoms with Gasteiger partial charge in [-0.05, 0) is 12.8 Å². The molecule has 1 aliphatic rings. The van der Waals surface area contributed by atoms with Gasteiger partial charge in [0.1, 0.15) is 11.1 Å². The number of carbonyl (C=O) groups is 3. The maximum Gasteiger partial charge on any atom is 0.342 e. The number of nitrogens with two attached hydrogens (primary N) is 1. The second kappa shape index (κ2) is 10.3. The zero-order valence-corrected chi connectivity index (χ0v) is 17.0. The van der Waals surface area contributed by atoms with Crippen molar-refractivity contribution in [1.29, 1.82) is 0 Å². The first kappa shape index (κ1) is 22.0. The Labute approximate surface area is 170 Å². The fourth-order valence-electron chi connectivity index (χ4n) is 2.97. The van der Waals surface area contributed by atoms with Crippen LogP contribution in [0, 0.1) is 5.92 Å². The lowest BCUT2D eigenvalue weighted by atomic mass is 9.96. The molecule has 0 radical (unpaired) electrons. The number of hydrogen-bond acceptors (Lipinski definition) is 6. The van der Waals surface area contributed by atoms with Crippen molar-refractivity contribution in [1.82, 2.24) is 4.90 Å². The Hall–Kier alpha value is -2.32. The highest BCUT2D eigenvalue weighted by molar-refractivity contribution is 7.80. The monoisotopic (exact) mass is 406 g/mol. The van der Waals surface area contributed by atoms with Gasteiger partial charge in [-0.15, -0.1) is 0 Å². The molecule has 1 amide bonds. The molecule has 1 atom stereocenters.